The maximum Gasteiger partial charge on any atom is 0.0952 e. The molecule has 2 fully saturated rings. The lowest BCUT2D eigenvalue weighted by Crippen LogP contribution is -2.38. The molecule has 94 valence electrons. The Labute approximate surface area is 103 Å². The van der Waals surface area contributed by atoms with Gasteiger partial charge in [0.05, 0.1) is 12.0 Å². The number of hydrogen-bond acceptors (Lipinski definition) is 3. The average molecular weight is 234 g/mol. The molecule has 1 N–H and O–H groups in total. The third-order valence-electron chi connectivity index (χ3n) is 4.23. The summed E-state index contributed by atoms with van der Waals surface area (Å²) < 4.78 is 2.34. The predicted octanol–water partition coefficient (Wildman–Crippen LogP) is 1.40. The molecule has 0 bridgehead atoms. The van der Waals surface area contributed by atoms with Crippen molar-refractivity contribution in [3.63, 3.8) is 0 Å². The van der Waals surface area contributed by atoms with Crippen LogP contribution in [0, 0.1) is 0 Å². The summed E-state index contributed by atoms with van der Waals surface area (Å²) in [5.41, 5.74) is 1.15. The first-order valence-electron chi connectivity index (χ1n) is 6.78. The molecule has 2 unspecified atom stereocenters. The summed E-state index contributed by atoms with van der Waals surface area (Å²) >= 11 is 0. The molecule has 0 aromatic carbocycles. The summed E-state index contributed by atoms with van der Waals surface area (Å²) in [5.74, 6) is 0. The minimum atomic E-state index is 0.674. The van der Waals surface area contributed by atoms with Gasteiger partial charge in [0.1, 0.15) is 0 Å². The van der Waals surface area contributed by atoms with Gasteiger partial charge in [-0.2, -0.15) is 0 Å². The summed E-state index contributed by atoms with van der Waals surface area (Å²) in [4.78, 5) is 7.12. The number of aromatic nitrogens is 2. The van der Waals surface area contributed by atoms with Crippen LogP contribution in [0.25, 0.3) is 0 Å². The molecule has 3 heterocycles. The Kier molecular flexibility index (Phi) is 3.16. The Balaban J connectivity index is 1.67. The van der Waals surface area contributed by atoms with Crippen LogP contribution in [-0.4, -0.2) is 40.6 Å². The molecule has 4 heteroatoms. The van der Waals surface area contributed by atoms with E-state index in [4.69, 9.17) is 0 Å². The van der Waals surface area contributed by atoms with Crippen molar-refractivity contribution in [3.8, 4) is 0 Å². The van der Waals surface area contributed by atoms with Crippen molar-refractivity contribution in [1.29, 1.82) is 0 Å². The van der Waals surface area contributed by atoms with Crippen LogP contribution in [0.5, 0.6) is 0 Å². The molecular weight excluding hydrogens is 212 g/mol. The van der Waals surface area contributed by atoms with Crippen LogP contribution >= 0.6 is 0 Å². The van der Waals surface area contributed by atoms with Crippen molar-refractivity contribution in [3.05, 3.63) is 18.2 Å². The van der Waals surface area contributed by atoms with Crippen LogP contribution < -0.4 is 5.32 Å². The zero-order valence-corrected chi connectivity index (χ0v) is 10.6. The molecule has 4 nitrogen and oxygen atoms in total. The van der Waals surface area contributed by atoms with E-state index in [1.807, 2.05) is 13.4 Å². The standard InChI is InChI=1S/C13H22N4/c1-14-8-11-9-17(10-15-11)13-4-6-16-5-2-3-12(16)7-13/h9-10,12-14H,2-8H2,1H3. The van der Waals surface area contributed by atoms with Crippen LogP contribution in [0.1, 0.15) is 37.4 Å². The molecular formula is C13H22N4. The number of imidazole rings is 1. The van der Waals surface area contributed by atoms with Crippen LogP contribution in [0.2, 0.25) is 0 Å². The van der Waals surface area contributed by atoms with E-state index in [1.54, 1.807) is 0 Å². The van der Waals surface area contributed by atoms with Gasteiger partial charge in [0.25, 0.3) is 0 Å². The Hall–Kier alpha value is -0.870. The molecule has 2 aliphatic heterocycles. The van der Waals surface area contributed by atoms with Crippen LogP contribution in [0.3, 0.4) is 0 Å². The SMILES string of the molecule is CNCc1cn(C2CCN3CCCC3C2)cn1. The maximum atomic E-state index is 4.45. The van der Waals surface area contributed by atoms with Gasteiger partial charge in [-0.3, -0.25) is 0 Å². The number of piperidine rings is 1. The first-order chi connectivity index (χ1) is 8.36. The van der Waals surface area contributed by atoms with Gasteiger partial charge in [-0.25, -0.2) is 4.98 Å². The van der Waals surface area contributed by atoms with Crippen molar-refractivity contribution in [2.24, 2.45) is 0 Å². The van der Waals surface area contributed by atoms with Crippen LogP contribution in [0.15, 0.2) is 12.5 Å². The number of fused-ring (bicyclic) bond motifs is 1. The second-order valence-electron chi connectivity index (χ2n) is 5.35. The van der Waals surface area contributed by atoms with Gasteiger partial charge < -0.3 is 14.8 Å². The molecule has 0 spiro atoms. The maximum absolute atomic E-state index is 4.45. The van der Waals surface area contributed by atoms with E-state index in [-0.39, 0.29) is 0 Å². The van der Waals surface area contributed by atoms with E-state index < -0.39 is 0 Å². The normalized spacial score (nSPS) is 29.5. The van der Waals surface area contributed by atoms with Crippen molar-refractivity contribution < 1.29 is 0 Å². The van der Waals surface area contributed by atoms with E-state index >= 15 is 0 Å². The fourth-order valence-corrected chi connectivity index (χ4v) is 3.33. The highest BCUT2D eigenvalue weighted by atomic mass is 15.2. The van der Waals surface area contributed by atoms with Gasteiger partial charge >= 0.3 is 0 Å². The molecule has 0 radical (unpaired) electrons. The number of rotatable bonds is 3. The highest BCUT2D eigenvalue weighted by Crippen LogP contribution is 2.32. The molecule has 2 saturated heterocycles. The monoisotopic (exact) mass is 234 g/mol. The van der Waals surface area contributed by atoms with Gasteiger partial charge in [-0.15, -0.1) is 0 Å². The molecule has 0 amide bonds. The molecule has 2 aliphatic rings. The van der Waals surface area contributed by atoms with E-state index in [9.17, 15) is 0 Å². The minimum absolute atomic E-state index is 0.674. The first kappa shape index (κ1) is 11.2. The second-order valence-corrected chi connectivity index (χ2v) is 5.35. The predicted molar refractivity (Wildman–Crippen MR) is 67.9 cm³/mol. The Bertz CT molecular complexity index is 373. The molecule has 0 saturated carbocycles. The Morgan fingerprint density at radius 3 is 3.18 bits per heavy atom. The van der Waals surface area contributed by atoms with Crippen molar-refractivity contribution in [2.45, 2.75) is 44.3 Å². The van der Waals surface area contributed by atoms with Crippen molar-refractivity contribution in [1.82, 2.24) is 19.8 Å². The molecule has 1 aromatic heterocycles. The van der Waals surface area contributed by atoms with Crippen LogP contribution in [-0.2, 0) is 6.54 Å². The highest BCUT2D eigenvalue weighted by molar-refractivity contribution is 4.99. The van der Waals surface area contributed by atoms with Crippen molar-refractivity contribution in [2.75, 3.05) is 20.1 Å². The van der Waals surface area contributed by atoms with Gasteiger partial charge in [0, 0.05) is 31.4 Å². The van der Waals surface area contributed by atoms with E-state index in [0.717, 1.165) is 18.3 Å². The van der Waals surface area contributed by atoms with Gasteiger partial charge in [-0.05, 0) is 39.3 Å². The molecule has 1 aromatic rings. The largest absolute Gasteiger partial charge is 0.334 e. The second kappa shape index (κ2) is 4.78. The number of nitrogens with zero attached hydrogens (tertiary/aromatic N) is 3. The highest BCUT2D eigenvalue weighted by Gasteiger charge is 2.32. The fraction of sp³-hybridized carbons (Fsp3) is 0.769. The summed E-state index contributed by atoms with van der Waals surface area (Å²) in [6, 6.07) is 1.51. The molecule has 17 heavy (non-hydrogen) atoms. The summed E-state index contributed by atoms with van der Waals surface area (Å²) in [5, 5.41) is 3.15. The van der Waals surface area contributed by atoms with Gasteiger partial charge in [-0.1, -0.05) is 0 Å². The number of nitrogens with one attached hydrogen (secondary N) is 1. The molecule has 2 atom stereocenters. The van der Waals surface area contributed by atoms with E-state index in [2.05, 4.69) is 26.0 Å². The zero-order chi connectivity index (χ0) is 11.7. The Morgan fingerprint density at radius 2 is 2.29 bits per heavy atom. The average Bonchev–Trinajstić information content (AvgIpc) is 2.96. The quantitative estimate of drug-likeness (QED) is 0.858. The van der Waals surface area contributed by atoms with Crippen molar-refractivity contribution >= 4 is 0 Å². The molecule has 3 rings (SSSR count). The van der Waals surface area contributed by atoms with E-state index in [1.165, 1.54) is 38.8 Å². The lowest BCUT2D eigenvalue weighted by atomic mass is 9.97. The zero-order valence-electron chi connectivity index (χ0n) is 10.6. The van der Waals surface area contributed by atoms with Gasteiger partial charge in [0.2, 0.25) is 0 Å². The first-order valence-corrected chi connectivity index (χ1v) is 6.78. The third-order valence-corrected chi connectivity index (χ3v) is 4.23. The third kappa shape index (κ3) is 2.24. The summed E-state index contributed by atoms with van der Waals surface area (Å²) in [7, 11) is 1.97. The summed E-state index contributed by atoms with van der Waals surface area (Å²) in [6.07, 6.45) is 9.62. The molecule has 0 aliphatic carbocycles. The lowest BCUT2D eigenvalue weighted by Gasteiger charge is -2.35. The van der Waals surface area contributed by atoms with Crippen LogP contribution in [0.4, 0.5) is 0 Å². The lowest BCUT2D eigenvalue weighted by molar-refractivity contribution is 0.155. The van der Waals surface area contributed by atoms with E-state index in [0.29, 0.717) is 6.04 Å². The smallest absolute Gasteiger partial charge is 0.0952 e. The fourth-order valence-electron chi connectivity index (χ4n) is 3.33. The Morgan fingerprint density at radius 1 is 1.35 bits per heavy atom. The topological polar surface area (TPSA) is 33.1 Å². The van der Waals surface area contributed by atoms with Gasteiger partial charge in [0.15, 0.2) is 0 Å². The summed E-state index contributed by atoms with van der Waals surface area (Å²) in [6.45, 7) is 3.47. The number of hydrogen-bond donors (Lipinski definition) is 1. The minimum Gasteiger partial charge on any atom is -0.334 e.